The van der Waals surface area contributed by atoms with Gasteiger partial charge in [0, 0.05) is 36.9 Å². The van der Waals surface area contributed by atoms with Gasteiger partial charge < -0.3 is 21.7 Å². The Kier molecular flexibility index (Phi) is 9.15. The second-order valence-electron chi connectivity index (χ2n) is 10.3. The third kappa shape index (κ3) is 5.90. The van der Waals surface area contributed by atoms with Crippen LogP contribution in [0.3, 0.4) is 0 Å². The molecule has 5 rings (SSSR count). The van der Waals surface area contributed by atoms with Crippen molar-refractivity contribution in [2.45, 2.75) is 46.0 Å². The first kappa shape index (κ1) is 32.2. The van der Waals surface area contributed by atoms with Gasteiger partial charge in [-0.3, -0.25) is 4.90 Å². The van der Waals surface area contributed by atoms with E-state index in [1.54, 1.807) is 25.1 Å². The van der Waals surface area contributed by atoms with Crippen molar-refractivity contribution in [2.24, 2.45) is 0 Å². The molecule has 4 aromatic rings. The van der Waals surface area contributed by atoms with Crippen molar-refractivity contribution in [1.82, 2.24) is 14.8 Å². The number of carbonyl (C=O) groups excluding carboxylic acids is 1. The molecule has 0 spiro atoms. The summed E-state index contributed by atoms with van der Waals surface area (Å²) in [5, 5.41) is 16.2. The number of hydrogen-bond acceptors (Lipinski definition) is 6. The van der Waals surface area contributed by atoms with Gasteiger partial charge in [-0.05, 0) is 60.9 Å². The lowest BCUT2D eigenvalue weighted by molar-refractivity contribution is -0.702. The number of nitrogens with zero attached hydrogens (tertiary/aromatic N) is 5. The van der Waals surface area contributed by atoms with Gasteiger partial charge in [-0.1, -0.05) is 12.1 Å². The van der Waals surface area contributed by atoms with Gasteiger partial charge in [0.1, 0.15) is 6.04 Å². The van der Waals surface area contributed by atoms with Gasteiger partial charge in [0.05, 0.1) is 29.9 Å². The van der Waals surface area contributed by atoms with Crippen LogP contribution in [0.4, 0.5) is 24.8 Å². The van der Waals surface area contributed by atoms with Crippen LogP contribution in [0.15, 0.2) is 76.9 Å². The molecule has 13 heteroatoms. The minimum Gasteiger partial charge on any atom is -1.00 e. The molecule has 44 heavy (non-hydrogen) atoms. The number of alkyl halides is 3. The number of benzene rings is 2. The highest BCUT2D eigenvalue weighted by atomic mass is 79.9. The standard InChI is InChI=1S/C31H27F3N6O3.BrH/c1-18-10-12-38(19(2)14-18)13-11-22-15-21(17-35)8-9-25(22)27-26(28(41)43-4)20(3)39(29-36-37-30(42)40(27)29)24-7-5-6-23(16-24)31(32,33)34;/h5-10,12,14-16,27H,11,13H2,1-4H3;1H. The van der Waals surface area contributed by atoms with Crippen molar-refractivity contribution >= 4 is 17.6 Å². The molecule has 2 aromatic carbocycles. The molecule has 2 aromatic heterocycles. The zero-order valence-electron chi connectivity index (χ0n) is 24.2. The zero-order chi connectivity index (χ0) is 31.1. The molecule has 0 aliphatic carbocycles. The van der Waals surface area contributed by atoms with Gasteiger partial charge >= 0.3 is 17.8 Å². The Bertz CT molecular complexity index is 1870. The van der Waals surface area contributed by atoms with Crippen LogP contribution in [0.5, 0.6) is 0 Å². The number of pyridine rings is 1. The van der Waals surface area contributed by atoms with E-state index in [4.69, 9.17) is 4.74 Å². The van der Waals surface area contributed by atoms with Crippen LogP contribution in [-0.2, 0) is 28.7 Å². The number of H-pyrrole nitrogens is 1. The predicted molar refractivity (Wildman–Crippen MR) is 150 cm³/mol. The van der Waals surface area contributed by atoms with Gasteiger partial charge in [-0.2, -0.15) is 18.4 Å². The topological polar surface area (TPSA) is 108 Å². The zero-order valence-corrected chi connectivity index (χ0v) is 25.8. The highest BCUT2D eigenvalue weighted by Crippen LogP contribution is 2.43. The minimum atomic E-state index is -4.62. The lowest BCUT2D eigenvalue weighted by Crippen LogP contribution is -3.00. The molecule has 1 unspecified atom stereocenters. The Labute approximate surface area is 261 Å². The summed E-state index contributed by atoms with van der Waals surface area (Å²) in [6.07, 6.45) is -2.20. The number of ether oxygens (including phenoxy) is 1. The van der Waals surface area contributed by atoms with Crippen LogP contribution in [0.25, 0.3) is 0 Å². The average Bonchev–Trinajstić information content (AvgIpc) is 3.35. The Balaban J connectivity index is 0.00000442. The van der Waals surface area contributed by atoms with E-state index in [-0.39, 0.29) is 39.9 Å². The number of halogens is 4. The fraction of sp³-hybridized carbons (Fsp3) is 0.258. The Morgan fingerprint density at radius 3 is 2.55 bits per heavy atom. The Morgan fingerprint density at radius 1 is 1.14 bits per heavy atom. The molecule has 0 bridgehead atoms. The molecule has 0 saturated heterocycles. The van der Waals surface area contributed by atoms with Gasteiger partial charge in [0.25, 0.3) is 0 Å². The van der Waals surface area contributed by atoms with Crippen molar-refractivity contribution in [3.8, 4) is 6.07 Å². The fourth-order valence-corrected chi connectivity index (χ4v) is 5.51. The van der Waals surface area contributed by atoms with Crippen LogP contribution >= 0.6 is 0 Å². The number of fused-ring (bicyclic) bond motifs is 1. The second kappa shape index (κ2) is 12.5. The highest BCUT2D eigenvalue weighted by Gasteiger charge is 2.41. The van der Waals surface area contributed by atoms with Crippen molar-refractivity contribution in [3.63, 3.8) is 0 Å². The highest BCUT2D eigenvalue weighted by molar-refractivity contribution is 5.93. The second-order valence-corrected chi connectivity index (χ2v) is 10.3. The van der Waals surface area contributed by atoms with E-state index in [1.165, 1.54) is 28.7 Å². The molecule has 0 fully saturated rings. The maximum Gasteiger partial charge on any atom is 0.416 e. The number of nitriles is 1. The van der Waals surface area contributed by atoms with E-state index < -0.39 is 29.4 Å². The lowest BCUT2D eigenvalue weighted by Gasteiger charge is -2.36. The Hall–Kier alpha value is -4.70. The monoisotopic (exact) mass is 668 g/mol. The van der Waals surface area contributed by atoms with E-state index in [0.717, 1.165) is 23.4 Å². The van der Waals surface area contributed by atoms with Crippen LogP contribution in [0, 0.1) is 25.2 Å². The van der Waals surface area contributed by atoms with Crippen molar-refractivity contribution in [1.29, 1.82) is 5.26 Å². The number of allylic oxidation sites excluding steroid dienone is 1. The van der Waals surface area contributed by atoms with Crippen molar-refractivity contribution in [3.05, 3.63) is 116 Å². The molecule has 0 amide bonds. The number of anilines is 2. The summed E-state index contributed by atoms with van der Waals surface area (Å²) in [5.41, 5.74) is 2.56. The van der Waals surface area contributed by atoms with Crippen LogP contribution < -0.4 is 32.1 Å². The third-order valence-electron chi connectivity index (χ3n) is 7.58. The summed E-state index contributed by atoms with van der Waals surface area (Å²) in [7, 11) is 1.19. The van der Waals surface area contributed by atoms with Gasteiger partial charge in [0.15, 0.2) is 18.4 Å². The molecular weight excluding hydrogens is 641 g/mol. The molecule has 0 radical (unpaired) electrons. The lowest BCUT2D eigenvalue weighted by atomic mass is 9.89. The first-order valence-electron chi connectivity index (χ1n) is 13.4. The van der Waals surface area contributed by atoms with E-state index in [0.29, 0.717) is 29.7 Å². The van der Waals surface area contributed by atoms with E-state index in [2.05, 4.69) is 26.9 Å². The number of rotatable bonds is 6. The number of carbonyl (C=O) groups is 1. The largest absolute Gasteiger partial charge is 1.00 e. The average molecular weight is 670 g/mol. The maximum atomic E-state index is 13.6. The number of aromatic amines is 1. The quantitative estimate of drug-likeness (QED) is 0.248. The van der Waals surface area contributed by atoms with Crippen LogP contribution in [0.2, 0.25) is 0 Å². The minimum absolute atomic E-state index is 0. The molecular formula is C31H28BrF3N6O3. The number of aromatic nitrogens is 4. The molecule has 1 N–H and O–H groups in total. The molecule has 1 aliphatic heterocycles. The SMILES string of the molecule is COC(=O)C1=C(C)N(c2cccc(C(F)(F)F)c2)c2n[nH]c(=O)n2C1c1ccc(C#N)cc1CC[n+]1ccc(C)cc1C.[Br-]. The van der Waals surface area contributed by atoms with Crippen LogP contribution in [-0.4, -0.2) is 27.8 Å². The smallest absolute Gasteiger partial charge is 0.416 e. The summed E-state index contributed by atoms with van der Waals surface area (Å²) in [6, 6.07) is 14.7. The predicted octanol–water partition coefficient (Wildman–Crippen LogP) is 1.80. The van der Waals surface area contributed by atoms with Gasteiger partial charge in [-0.15, -0.1) is 5.10 Å². The molecule has 1 aliphatic rings. The summed E-state index contributed by atoms with van der Waals surface area (Å²) in [4.78, 5) is 28.0. The first-order chi connectivity index (χ1) is 20.4. The van der Waals surface area contributed by atoms with Gasteiger partial charge in [-0.25, -0.2) is 23.8 Å². The molecule has 9 nitrogen and oxygen atoms in total. The molecule has 1 atom stereocenters. The van der Waals surface area contributed by atoms with Crippen molar-refractivity contribution < 1.29 is 44.3 Å². The number of esters is 1. The number of hydrogen-bond donors (Lipinski definition) is 1. The number of aryl methyl sites for hydroxylation is 4. The van der Waals surface area contributed by atoms with Gasteiger partial charge in [0.2, 0.25) is 5.95 Å². The normalized spacial score (nSPS) is 14.5. The van der Waals surface area contributed by atoms with Crippen LogP contribution in [0.1, 0.15) is 46.5 Å². The number of nitrogens with one attached hydrogen (secondary N) is 1. The third-order valence-corrected chi connectivity index (χ3v) is 7.58. The number of methoxy groups -OCH3 is 1. The Morgan fingerprint density at radius 2 is 1.89 bits per heavy atom. The van der Waals surface area contributed by atoms with E-state index >= 15 is 0 Å². The maximum absolute atomic E-state index is 13.6. The molecule has 3 heterocycles. The van der Waals surface area contributed by atoms with E-state index in [9.17, 15) is 28.0 Å². The molecule has 0 saturated carbocycles. The fourth-order valence-electron chi connectivity index (χ4n) is 5.51. The summed E-state index contributed by atoms with van der Waals surface area (Å²) in [6.45, 7) is 6.10. The summed E-state index contributed by atoms with van der Waals surface area (Å²) < 4.78 is 49.3. The molecule has 228 valence electrons. The van der Waals surface area contributed by atoms with E-state index in [1.807, 2.05) is 26.1 Å². The van der Waals surface area contributed by atoms with Crippen molar-refractivity contribution in [2.75, 3.05) is 12.0 Å². The first-order valence-corrected chi connectivity index (χ1v) is 13.4. The summed E-state index contributed by atoms with van der Waals surface area (Å²) in [5.74, 6) is -0.768. The summed E-state index contributed by atoms with van der Waals surface area (Å²) >= 11 is 0.